The van der Waals surface area contributed by atoms with Gasteiger partial charge in [-0.05, 0) is 5.56 Å². The number of carbonyl (C=O) groups is 1. The number of benzene rings is 1. The Balaban J connectivity index is 1.83. The van der Waals surface area contributed by atoms with Gasteiger partial charge in [0.15, 0.2) is 5.13 Å². The first-order valence-corrected chi connectivity index (χ1v) is 7.86. The minimum absolute atomic E-state index is 0.135. The zero-order chi connectivity index (χ0) is 14.5. The molecule has 1 atom stereocenters. The third-order valence-corrected chi connectivity index (χ3v) is 4.48. The van der Waals surface area contributed by atoms with Crippen LogP contribution in [-0.4, -0.2) is 26.3 Å². The number of hydrogen-bond donors (Lipinski definition) is 2. The maximum atomic E-state index is 12.5. The minimum atomic E-state index is -0.416. The lowest BCUT2D eigenvalue weighted by atomic mass is 10.1. The zero-order valence-corrected chi connectivity index (χ0v) is 12.4. The lowest BCUT2D eigenvalue weighted by Crippen LogP contribution is -2.18. The monoisotopic (exact) mass is 317 g/mol. The summed E-state index contributed by atoms with van der Waals surface area (Å²) in [6.07, 6.45) is 3.25. The fraction of sp³-hybridized carbons (Fsp3) is 0.0769. The van der Waals surface area contributed by atoms with Gasteiger partial charge in [-0.15, -0.1) is 16.4 Å². The highest BCUT2D eigenvalue weighted by atomic mass is 32.2. The standard InChI is InChI=1S/C13H11N5OS2/c19-12(16-13-14-6-7-20-13)11(9-4-2-1-3-5-9)21-10-8-15-18-17-10/h1-8,11H,(H,14,16,19)(H,15,17,18). The van der Waals surface area contributed by atoms with E-state index in [0.717, 1.165) is 5.56 Å². The van der Waals surface area contributed by atoms with Crippen LogP contribution in [0.5, 0.6) is 0 Å². The van der Waals surface area contributed by atoms with Gasteiger partial charge in [0, 0.05) is 11.6 Å². The van der Waals surface area contributed by atoms with Crippen molar-refractivity contribution in [3.63, 3.8) is 0 Å². The van der Waals surface area contributed by atoms with Gasteiger partial charge in [0.05, 0.1) is 6.20 Å². The van der Waals surface area contributed by atoms with Gasteiger partial charge in [0.1, 0.15) is 10.3 Å². The van der Waals surface area contributed by atoms with Crippen LogP contribution in [0, 0.1) is 0 Å². The molecule has 3 aromatic rings. The van der Waals surface area contributed by atoms with Gasteiger partial charge in [0.2, 0.25) is 5.91 Å². The molecule has 0 aliphatic heterocycles. The maximum absolute atomic E-state index is 12.5. The Labute approximate surface area is 129 Å². The van der Waals surface area contributed by atoms with Gasteiger partial charge in [-0.1, -0.05) is 42.1 Å². The van der Waals surface area contributed by atoms with E-state index in [1.807, 2.05) is 35.7 Å². The molecule has 1 aromatic carbocycles. The topological polar surface area (TPSA) is 83.6 Å². The molecule has 6 nitrogen and oxygen atoms in total. The van der Waals surface area contributed by atoms with Gasteiger partial charge in [0.25, 0.3) is 0 Å². The van der Waals surface area contributed by atoms with Crippen molar-refractivity contribution in [2.75, 3.05) is 5.32 Å². The van der Waals surface area contributed by atoms with Gasteiger partial charge in [-0.2, -0.15) is 10.3 Å². The Morgan fingerprint density at radius 2 is 2.19 bits per heavy atom. The molecular weight excluding hydrogens is 306 g/mol. The molecule has 2 N–H and O–H groups in total. The Kier molecular flexibility index (Phi) is 4.27. The number of aromatic amines is 1. The maximum Gasteiger partial charge on any atom is 0.244 e. The second kappa shape index (κ2) is 6.51. The first kappa shape index (κ1) is 13.8. The van der Waals surface area contributed by atoms with E-state index in [1.165, 1.54) is 23.1 Å². The minimum Gasteiger partial charge on any atom is -0.301 e. The Hall–Kier alpha value is -2.19. The first-order chi connectivity index (χ1) is 10.3. The lowest BCUT2D eigenvalue weighted by Gasteiger charge is -2.14. The number of amides is 1. The predicted octanol–water partition coefficient (Wildman–Crippen LogP) is 2.73. The van der Waals surface area contributed by atoms with E-state index in [-0.39, 0.29) is 5.91 Å². The van der Waals surface area contributed by atoms with Crippen molar-refractivity contribution in [2.45, 2.75) is 10.3 Å². The fourth-order valence-electron chi connectivity index (χ4n) is 1.73. The molecule has 0 bridgehead atoms. The van der Waals surface area contributed by atoms with Gasteiger partial charge in [-0.3, -0.25) is 4.79 Å². The average Bonchev–Trinajstić information content (AvgIpc) is 3.19. The van der Waals surface area contributed by atoms with Crippen molar-refractivity contribution in [2.24, 2.45) is 0 Å². The van der Waals surface area contributed by atoms with Crippen LogP contribution in [0.4, 0.5) is 5.13 Å². The molecule has 1 amide bonds. The number of aromatic nitrogens is 4. The average molecular weight is 317 g/mol. The van der Waals surface area contributed by atoms with Gasteiger partial charge in [-0.25, -0.2) is 4.98 Å². The summed E-state index contributed by atoms with van der Waals surface area (Å²) in [4.78, 5) is 16.6. The third kappa shape index (κ3) is 3.47. The smallest absolute Gasteiger partial charge is 0.244 e. The van der Waals surface area contributed by atoms with Crippen LogP contribution < -0.4 is 5.32 Å². The van der Waals surface area contributed by atoms with Gasteiger partial charge >= 0.3 is 0 Å². The fourth-order valence-corrected chi connectivity index (χ4v) is 3.17. The number of hydrogen-bond acceptors (Lipinski definition) is 6. The molecule has 1 unspecified atom stereocenters. The first-order valence-electron chi connectivity index (χ1n) is 6.10. The number of thiazole rings is 1. The van der Waals surface area contributed by atoms with Crippen molar-refractivity contribution in [3.8, 4) is 0 Å². The van der Waals surface area contributed by atoms with Crippen molar-refractivity contribution in [1.82, 2.24) is 20.4 Å². The second-order valence-electron chi connectivity index (χ2n) is 4.04. The van der Waals surface area contributed by atoms with Crippen LogP contribution >= 0.6 is 23.1 Å². The van der Waals surface area contributed by atoms with E-state index in [0.29, 0.717) is 10.2 Å². The number of nitrogens with zero attached hydrogens (tertiary/aromatic N) is 3. The summed E-state index contributed by atoms with van der Waals surface area (Å²) < 4.78 is 0. The lowest BCUT2D eigenvalue weighted by molar-refractivity contribution is -0.115. The molecule has 8 heteroatoms. The largest absolute Gasteiger partial charge is 0.301 e. The normalized spacial score (nSPS) is 12.0. The molecule has 3 rings (SSSR count). The van der Waals surface area contributed by atoms with E-state index < -0.39 is 5.25 Å². The summed E-state index contributed by atoms with van der Waals surface area (Å²) in [6.45, 7) is 0. The molecule has 106 valence electrons. The second-order valence-corrected chi connectivity index (χ2v) is 6.06. The Morgan fingerprint density at radius 1 is 1.33 bits per heavy atom. The van der Waals surface area contributed by atoms with Crippen LogP contribution in [0.1, 0.15) is 10.8 Å². The molecule has 0 aliphatic carbocycles. The van der Waals surface area contributed by atoms with Crippen LogP contribution in [0.15, 0.2) is 53.1 Å². The summed E-state index contributed by atoms with van der Waals surface area (Å²) in [6, 6.07) is 9.56. The molecule has 21 heavy (non-hydrogen) atoms. The highest BCUT2D eigenvalue weighted by molar-refractivity contribution is 8.00. The summed E-state index contributed by atoms with van der Waals surface area (Å²) >= 11 is 2.72. The number of rotatable bonds is 5. The molecule has 2 heterocycles. The van der Waals surface area contributed by atoms with E-state index in [2.05, 4.69) is 25.7 Å². The predicted molar refractivity (Wildman–Crippen MR) is 82.2 cm³/mol. The molecule has 0 saturated heterocycles. The molecule has 0 aliphatic rings. The number of thioether (sulfide) groups is 1. The number of anilines is 1. The number of nitrogens with one attached hydrogen (secondary N) is 2. The van der Waals surface area contributed by atoms with Gasteiger partial charge < -0.3 is 5.32 Å². The zero-order valence-electron chi connectivity index (χ0n) is 10.8. The Bertz CT molecular complexity index is 685. The van der Waals surface area contributed by atoms with Crippen LogP contribution in [0.3, 0.4) is 0 Å². The molecule has 0 fully saturated rings. The van der Waals surface area contributed by atoms with Crippen molar-refractivity contribution >= 4 is 34.1 Å². The summed E-state index contributed by atoms with van der Waals surface area (Å²) in [5, 5.41) is 15.8. The molecule has 0 radical (unpaired) electrons. The van der Waals surface area contributed by atoms with E-state index in [1.54, 1.807) is 12.4 Å². The van der Waals surface area contributed by atoms with E-state index in [4.69, 9.17) is 0 Å². The summed E-state index contributed by atoms with van der Waals surface area (Å²) in [5.74, 6) is -0.135. The van der Waals surface area contributed by atoms with Crippen LogP contribution in [-0.2, 0) is 4.79 Å². The molecule has 0 spiro atoms. The highest BCUT2D eigenvalue weighted by Gasteiger charge is 2.23. The van der Waals surface area contributed by atoms with E-state index >= 15 is 0 Å². The quantitative estimate of drug-likeness (QED) is 0.707. The SMILES string of the molecule is O=C(Nc1nccs1)C(Sc1cn[nH]n1)c1ccccc1. The van der Waals surface area contributed by atoms with E-state index in [9.17, 15) is 4.79 Å². The highest BCUT2D eigenvalue weighted by Crippen LogP contribution is 2.34. The summed E-state index contributed by atoms with van der Waals surface area (Å²) in [7, 11) is 0. The van der Waals surface area contributed by atoms with Crippen LogP contribution in [0.25, 0.3) is 0 Å². The van der Waals surface area contributed by atoms with Crippen LogP contribution in [0.2, 0.25) is 0 Å². The molecular formula is C13H11N5OS2. The molecule has 2 aromatic heterocycles. The van der Waals surface area contributed by atoms with Crippen molar-refractivity contribution < 1.29 is 4.79 Å². The Morgan fingerprint density at radius 3 is 2.86 bits per heavy atom. The molecule has 0 saturated carbocycles. The van der Waals surface area contributed by atoms with Crippen molar-refractivity contribution in [3.05, 3.63) is 53.7 Å². The number of carbonyl (C=O) groups excluding carboxylic acids is 1. The number of H-pyrrole nitrogens is 1. The summed E-state index contributed by atoms with van der Waals surface area (Å²) in [5.41, 5.74) is 0.902. The third-order valence-electron chi connectivity index (χ3n) is 2.63. The van der Waals surface area contributed by atoms with Crippen molar-refractivity contribution in [1.29, 1.82) is 0 Å².